The van der Waals surface area contributed by atoms with Crippen molar-refractivity contribution >= 4 is 17.7 Å². The van der Waals surface area contributed by atoms with Gasteiger partial charge in [0.2, 0.25) is 5.91 Å². The molecule has 1 aromatic rings. The van der Waals surface area contributed by atoms with Crippen LogP contribution in [0.25, 0.3) is 0 Å². The van der Waals surface area contributed by atoms with Gasteiger partial charge < -0.3 is 20.3 Å². The van der Waals surface area contributed by atoms with E-state index in [1.54, 1.807) is 19.1 Å². The number of esters is 1. The average molecular weight is 508 g/mol. The van der Waals surface area contributed by atoms with E-state index < -0.39 is 46.9 Å². The van der Waals surface area contributed by atoms with E-state index in [1.165, 1.54) is 26.0 Å². The van der Waals surface area contributed by atoms with Crippen molar-refractivity contribution < 1.29 is 29.3 Å². The number of benzene rings is 1. The number of allylic oxidation sites excluding steroid dienone is 1. The summed E-state index contributed by atoms with van der Waals surface area (Å²) in [7, 11) is 0. The van der Waals surface area contributed by atoms with Crippen LogP contribution in [0.3, 0.4) is 0 Å². The lowest BCUT2D eigenvalue weighted by Crippen LogP contribution is -2.60. The maximum atomic E-state index is 14.2. The number of nitrogens with one attached hydrogen (secondary N) is 1. The summed E-state index contributed by atoms with van der Waals surface area (Å²) in [5.41, 5.74) is -1.55. The van der Waals surface area contributed by atoms with Crippen molar-refractivity contribution in [2.75, 3.05) is 0 Å². The summed E-state index contributed by atoms with van der Waals surface area (Å²) < 4.78 is 5.81. The van der Waals surface area contributed by atoms with Crippen molar-refractivity contribution in [1.82, 2.24) is 5.32 Å². The van der Waals surface area contributed by atoms with Gasteiger partial charge in [0, 0.05) is 30.7 Å². The summed E-state index contributed by atoms with van der Waals surface area (Å²) in [4.78, 5) is 39.5. The molecule has 3 aliphatic rings. The monoisotopic (exact) mass is 507 g/mol. The van der Waals surface area contributed by atoms with Gasteiger partial charge in [0.15, 0.2) is 5.78 Å². The van der Waals surface area contributed by atoms with E-state index >= 15 is 0 Å². The fraction of sp³-hybridized carbons (Fsp3) is 0.500. The SMILES string of the molecule is C=C1C(C)C2C(Cc3ccccc3)NC(=O)[C@]23C(OC(C)=O)C=C[C@@](C)(O)C(=O)C(C)CC=CC3C1O. The smallest absolute Gasteiger partial charge is 0.303 e. The zero-order chi connectivity index (χ0) is 27.1. The second-order valence-corrected chi connectivity index (χ2v) is 11.0. The molecule has 7 nitrogen and oxygen atoms in total. The third-order valence-corrected chi connectivity index (χ3v) is 8.53. The Morgan fingerprint density at radius 2 is 1.86 bits per heavy atom. The number of amides is 1. The minimum atomic E-state index is -1.82. The number of ketones is 1. The van der Waals surface area contributed by atoms with Crippen LogP contribution in [-0.2, 0) is 25.5 Å². The van der Waals surface area contributed by atoms with Gasteiger partial charge in [-0.05, 0) is 49.0 Å². The van der Waals surface area contributed by atoms with Crippen molar-refractivity contribution in [3.63, 3.8) is 0 Å². The number of rotatable bonds is 3. The van der Waals surface area contributed by atoms with E-state index in [2.05, 4.69) is 11.9 Å². The summed E-state index contributed by atoms with van der Waals surface area (Å²) in [6.45, 7) is 10.5. The summed E-state index contributed by atoms with van der Waals surface area (Å²) in [5, 5.41) is 25.7. The molecule has 0 radical (unpaired) electrons. The first-order chi connectivity index (χ1) is 17.4. The van der Waals surface area contributed by atoms with E-state index in [1.807, 2.05) is 37.3 Å². The molecule has 4 rings (SSSR count). The highest BCUT2D eigenvalue weighted by atomic mass is 16.5. The normalized spacial score (nSPS) is 39.8. The van der Waals surface area contributed by atoms with Gasteiger partial charge in [-0.1, -0.05) is 62.9 Å². The molecule has 1 aliphatic heterocycles. The molecule has 0 aromatic heterocycles. The lowest BCUT2D eigenvalue weighted by atomic mass is 9.51. The number of ether oxygens (including phenoxy) is 1. The number of carbonyl (C=O) groups excluding carboxylic acids is 3. The molecule has 7 heteroatoms. The molecule has 7 unspecified atom stereocenters. The maximum Gasteiger partial charge on any atom is 0.303 e. The largest absolute Gasteiger partial charge is 0.457 e. The fourth-order valence-corrected chi connectivity index (χ4v) is 6.68. The van der Waals surface area contributed by atoms with Crippen molar-refractivity contribution in [3.8, 4) is 0 Å². The third kappa shape index (κ3) is 4.59. The molecule has 1 heterocycles. The Morgan fingerprint density at radius 1 is 1.19 bits per heavy atom. The number of carbonyl (C=O) groups is 3. The van der Waals surface area contributed by atoms with E-state index in [0.29, 0.717) is 18.4 Å². The summed E-state index contributed by atoms with van der Waals surface area (Å²) in [6, 6.07) is 9.49. The summed E-state index contributed by atoms with van der Waals surface area (Å²) >= 11 is 0. The van der Waals surface area contributed by atoms with Crippen molar-refractivity contribution in [1.29, 1.82) is 0 Å². The number of Topliss-reactive ketones (excluding diaryl/α,β-unsaturated/α-hetero) is 1. The molecule has 1 saturated heterocycles. The van der Waals surface area contributed by atoms with Crippen molar-refractivity contribution in [3.05, 3.63) is 72.4 Å². The Bertz CT molecular complexity index is 1140. The van der Waals surface area contributed by atoms with Gasteiger partial charge in [-0.15, -0.1) is 0 Å². The summed E-state index contributed by atoms with van der Waals surface area (Å²) in [6.07, 6.45) is 5.01. The first-order valence-corrected chi connectivity index (χ1v) is 12.9. The first kappa shape index (κ1) is 27.0. The van der Waals surface area contributed by atoms with Gasteiger partial charge in [-0.2, -0.15) is 0 Å². The molecule has 1 saturated carbocycles. The third-order valence-electron chi connectivity index (χ3n) is 8.53. The number of aliphatic hydroxyl groups is 2. The Labute approximate surface area is 218 Å². The zero-order valence-corrected chi connectivity index (χ0v) is 21.9. The Morgan fingerprint density at radius 3 is 2.51 bits per heavy atom. The molecule has 198 valence electrons. The molecule has 37 heavy (non-hydrogen) atoms. The molecule has 2 fully saturated rings. The number of hydrogen-bond donors (Lipinski definition) is 3. The molecule has 9 atom stereocenters. The minimum absolute atomic E-state index is 0.287. The highest BCUT2D eigenvalue weighted by Gasteiger charge is 2.68. The minimum Gasteiger partial charge on any atom is -0.457 e. The molecule has 1 amide bonds. The molecule has 1 aromatic carbocycles. The van der Waals surface area contributed by atoms with Gasteiger partial charge >= 0.3 is 5.97 Å². The Hall–Kier alpha value is -3.03. The van der Waals surface area contributed by atoms with Crippen LogP contribution in [0.4, 0.5) is 0 Å². The van der Waals surface area contributed by atoms with Gasteiger partial charge in [-0.25, -0.2) is 0 Å². The van der Waals surface area contributed by atoms with Crippen LogP contribution in [-0.4, -0.2) is 51.7 Å². The second-order valence-electron chi connectivity index (χ2n) is 11.0. The Kier molecular flexibility index (Phi) is 7.32. The highest BCUT2D eigenvalue weighted by Crippen LogP contribution is 2.58. The van der Waals surface area contributed by atoms with E-state index in [4.69, 9.17) is 4.74 Å². The maximum absolute atomic E-state index is 14.2. The molecular weight excluding hydrogens is 470 g/mol. The van der Waals surface area contributed by atoms with Crippen molar-refractivity contribution in [2.45, 2.75) is 64.4 Å². The quantitative estimate of drug-likeness (QED) is 0.428. The van der Waals surface area contributed by atoms with Gasteiger partial charge in [0.1, 0.15) is 17.1 Å². The lowest BCUT2D eigenvalue weighted by Gasteiger charge is -2.52. The molecular formula is C30H37NO6. The van der Waals surface area contributed by atoms with E-state index in [9.17, 15) is 24.6 Å². The van der Waals surface area contributed by atoms with Gasteiger partial charge in [-0.3, -0.25) is 14.4 Å². The Balaban J connectivity index is 1.94. The van der Waals surface area contributed by atoms with E-state index in [0.717, 1.165) is 5.56 Å². The van der Waals surface area contributed by atoms with Crippen LogP contribution in [0, 0.1) is 29.1 Å². The molecule has 0 bridgehead atoms. The summed E-state index contributed by atoms with van der Waals surface area (Å²) in [5.74, 6) is -3.26. The molecule has 3 N–H and O–H groups in total. The van der Waals surface area contributed by atoms with Gasteiger partial charge in [0.25, 0.3) is 0 Å². The van der Waals surface area contributed by atoms with Crippen molar-refractivity contribution in [2.24, 2.45) is 29.1 Å². The number of hydrogen-bond acceptors (Lipinski definition) is 6. The van der Waals surface area contributed by atoms with Crippen LogP contribution in [0.2, 0.25) is 0 Å². The predicted octanol–water partition coefficient (Wildman–Crippen LogP) is 2.92. The fourth-order valence-electron chi connectivity index (χ4n) is 6.68. The number of aliphatic hydroxyl groups excluding tert-OH is 1. The van der Waals surface area contributed by atoms with Crippen LogP contribution >= 0.6 is 0 Å². The van der Waals surface area contributed by atoms with Crippen LogP contribution in [0.15, 0.2) is 66.8 Å². The van der Waals surface area contributed by atoms with Crippen LogP contribution < -0.4 is 5.32 Å². The van der Waals surface area contributed by atoms with Gasteiger partial charge in [0.05, 0.1) is 6.10 Å². The molecule has 1 spiro atoms. The standard InChI is InChI=1S/C30H37NO6/c1-17-10-9-13-22-26(33)19(3)18(2)25-23(16-21-11-7-6-8-12-21)31-28(35)30(22,25)24(37-20(4)32)14-15-29(5,36)27(17)34/h6-9,11-15,17-18,22-26,33,36H,3,10,16H2,1-2,4-5H3,(H,31,35)/t17?,18?,22?,23?,24?,25?,26?,29-,30-/m1/s1. The highest BCUT2D eigenvalue weighted by molar-refractivity contribution is 5.91. The molecule has 2 aliphatic carbocycles. The lowest BCUT2D eigenvalue weighted by molar-refractivity contribution is -0.166. The second kappa shape index (κ2) is 10.0. The predicted molar refractivity (Wildman–Crippen MR) is 139 cm³/mol. The zero-order valence-electron chi connectivity index (χ0n) is 21.9. The topological polar surface area (TPSA) is 113 Å². The first-order valence-electron chi connectivity index (χ1n) is 12.9. The van der Waals surface area contributed by atoms with Crippen LogP contribution in [0.1, 0.15) is 39.7 Å². The van der Waals surface area contributed by atoms with E-state index in [-0.39, 0.29) is 23.7 Å². The van der Waals surface area contributed by atoms with Crippen LogP contribution in [0.5, 0.6) is 0 Å². The average Bonchev–Trinajstić information content (AvgIpc) is 3.13.